The Morgan fingerprint density at radius 2 is 1.71 bits per heavy atom. The molecule has 8 heteroatoms. The second kappa shape index (κ2) is 13.2. The van der Waals surface area contributed by atoms with E-state index in [1.165, 1.54) is 0 Å². The number of esters is 1. The van der Waals surface area contributed by atoms with Crippen molar-refractivity contribution in [2.24, 2.45) is 0 Å². The summed E-state index contributed by atoms with van der Waals surface area (Å²) in [6.45, 7) is 0.711. The molecule has 188 valence electrons. The van der Waals surface area contributed by atoms with Gasteiger partial charge in [-0.15, -0.1) is 11.8 Å². The van der Waals surface area contributed by atoms with E-state index >= 15 is 0 Å². The van der Waals surface area contributed by atoms with Gasteiger partial charge in [-0.2, -0.15) is 0 Å². The van der Waals surface area contributed by atoms with E-state index in [-0.39, 0.29) is 31.1 Å². The lowest BCUT2D eigenvalue weighted by molar-refractivity contribution is -0.157. The summed E-state index contributed by atoms with van der Waals surface area (Å²) in [5.74, 6) is 0.616. The van der Waals surface area contributed by atoms with Crippen LogP contribution in [0.4, 0.5) is 0 Å². The third kappa shape index (κ3) is 7.24. The SMILES string of the molecule is COc1ccc(CCOC(=O)C2CCCCN2C(=O)CCC(=O)c2ccc(SC)cc2)cc1OC. The minimum atomic E-state index is -0.599. The highest BCUT2D eigenvalue weighted by Crippen LogP contribution is 2.28. The van der Waals surface area contributed by atoms with E-state index < -0.39 is 12.0 Å². The fraction of sp³-hybridized carbons (Fsp3) is 0.444. The molecule has 35 heavy (non-hydrogen) atoms. The lowest BCUT2D eigenvalue weighted by atomic mass is 10.0. The number of nitrogens with zero attached hydrogens (tertiary/aromatic N) is 1. The Balaban J connectivity index is 1.51. The van der Waals surface area contributed by atoms with Crippen molar-refractivity contribution < 1.29 is 28.6 Å². The number of hydrogen-bond acceptors (Lipinski definition) is 7. The average Bonchev–Trinajstić information content (AvgIpc) is 2.91. The van der Waals surface area contributed by atoms with Crippen LogP contribution in [-0.4, -0.2) is 62.2 Å². The highest BCUT2D eigenvalue weighted by molar-refractivity contribution is 7.98. The van der Waals surface area contributed by atoms with Gasteiger partial charge in [0.1, 0.15) is 6.04 Å². The Kier molecular flexibility index (Phi) is 10.0. The lowest BCUT2D eigenvalue weighted by Crippen LogP contribution is -2.48. The van der Waals surface area contributed by atoms with Crippen LogP contribution in [0.5, 0.6) is 11.5 Å². The molecule has 0 spiro atoms. The molecule has 1 atom stereocenters. The number of amides is 1. The minimum absolute atomic E-state index is 0.0722. The summed E-state index contributed by atoms with van der Waals surface area (Å²) >= 11 is 1.61. The summed E-state index contributed by atoms with van der Waals surface area (Å²) in [4.78, 5) is 40.9. The molecule has 1 fully saturated rings. The third-order valence-electron chi connectivity index (χ3n) is 6.16. The van der Waals surface area contributed by atoms with Crippen molar-refractivity contribution in [1.29, 1.82) is 0 Å². The molecule has 0 radical (unpaired) electrons. The summed E-state index contributed by atoms with van der Waals surface area (Å²) in [7, 11) is 3.15. The number of piperidine rings is 1. The Bertz CT molecular complexity index is 1020. The van der Waals surface area contributed by atoms with Gasteiger partial charge >= 0.3 is 5.97 Å². The number of benzene rings is 2. The number of rotatable bonds is 11. The number of Topliss-reactive ketones (excluding diaryl/α,β-unsaturated/α-hetero) is 1. The fourth-order valence-corrected chi connectivity index (χ4v) is 4.57. The van der Waals surface area contributed by atoms with Crippen molar-refractivity contribution in [2.45, 2.75) is 49.5 Å². The minimum Gasteiger partial charge on any atom is -0.493 e. The van der Waals surface area contributed by atoms with Gasteiger partial charge in [0.2, 0.25) is 5.91 Å². The van der Waals surface area contributed by atoms with Crippen LogP contribution in [-0.2, 0) is 20.7 Å². The van der Waals surface area contributed by atoms with E-state index in [2.05, 4.69) is 0 Å². The van der Waals surface area contributed by atoms with Crippen molar-refractivity contribution in [3.8, 4) is 11.5 Å². The number of ketones is 1. The summed E-state index contributed by atoms with van der Waals surface area (Å²) in [5.41, 5.74) is 1.55. The lowest BCUT2D eigenvalue weighted by Gasteiger charge is -2.34. The number of likely N-dealkylation sites (tertiary alicyclic amines) is 1. The second-order valence-corrected chi connectivity index (χ2v) is 9.24. The number of methoxy groups -OCH3 is 2. The third-order valence-corrected chi connectivity index (χ3v) is 6.90. The van der Waals surface area contributed by atoms with Crippen molar-refractivity contribution >= 4 is 29.4 Å². The molecule has 0 aromatic heterocycles. The number of carbonyl (C=O) groups is 3. The van der Waals surface area contributed by atoms with Crippen LogP contribution < -0.4 is 9.47 Å². The Morgan fingerprint density at radius 1 is 0.971 bits per heavy atom. The highest BCUT2D eigenvalue weighted by atomic mass is 32.2. The Hall–Kier alpha value is -3.00. The highest BCUT2D eigenvalue weighted by Gasteiger charge is 2.33. The zero-order valence-corrected chi connectivity index (χ0v) is 21.4. The maximum Gasteiger partial charge on any atom is 0.328 e. The van der Waals surface area contributed by atoms with Crippen molar-refractivity contribution in [2.75, 3.05) is 33.6 Å². The number of ether oxygens (including phenoxy) is 3. The molecule has 1 amide bonds. The van der Waals surface area contributed by atoms with Crippen LogP contribution in [0.15, 0.2) is 47.4 Å². The number of hydrogen-bond donors (Lipinski definition) is 0. The molecular formula is C27H33NO6S. The molecule has 1 aliphatic heterocycles. The van der Waals surface area contributed by atoms with Crippen molar-refractivity contribution in [3.63, 3.8) is 0 Å². The molecule has 1 heterocycles. The maximum absolute atomic E-state index is 12.9. The van der Waals surface area contributed by atoms with Gasteiger partial charge in [-0.1, -0.05) is 18.2 Å². The van der Waals surface area contributed by atoms with Crippen molar-refractivity contribution in [3.05, 3.63) is 53.6 Å². The van der Waals surface area contributed by atoms with Gasteiger partial charge in [0.15, 0.2) is 17.3 Å². The normalized spacial score (nSPS) is 15.4. The van der Waals surface area contributed by atoms with E-state index in [4.69, 9.17) is 14.2 Å². The molecule has 7 nitrogen and oxygen atoms in total. The number of thioether (sulfide) groups is 1. The van der Waals surface area contributed by atoms with Gasteiger partial charge < -0.3 is 19.1 Å². The van der Waals surface area contributed by atoms with E-state index in [1.54, 1.807) is 43.0 Å². The van der Waals surface area contributed by atoms with E-state index in [0.29, 0.717) is 36.4 Å². The molecule has 1 unspecified atom stereocenters. The Labute approximate surface area is 211 Å². The predicted octanol–water partition coefficient (Wildman–Crippen LogP) is 4.56. The van der Waals surface area contributed by atoms with Gasteiger partial charge in [0.25, 0.3) is 0 Å². The molecule has 2 aromatic carbocycles. The van der Waals surface area contributed by atoms with Crippen LogP contribution in [0.3, 0.4) is 0 Å². The molecule has 2 aromatic rings. The zero-order valence-electron chi connectivity index (χ0n) is 20.6. The number of carbonyl (C=O) groups excluding carboxylic acids is 3. The summed E-state index contributed by atoms with van der Waals surface area (Å²) in [5, 5.41) is 0. The van der Waals surface area contributed by atoms with Gasteiger partial charge in [-0.25, -0.2) is 4.79 Å². The van der Waals surface area contributed by atoms with Gasteiger partial charge in [0.05, 0.1) is 20.8 Å². The largest absolute Gasteiger partial charge is 0.493 e. The first-order valence-electron chi connectivity index (χ1n) is 11.8. The van der Waals surface area contributed by atoms with E-state index in [0.717, 1.165) is 23.3 Å². The van der Waals surface area contributed by atoms with E-state index in [9.17, 15) is 14.4 Å². The molecule has 1 aliphatic rings. The van der Waals surface area contributed by atoms with Crippen LogP contribution in [0.25, 0.3) is 0 Å². The zero-order chi connectivity index (χ0) is 25.2. The first-order chi connectivity index (χ1) is 17.0. The van der Waals surface area contributed by atoms with Gasteiger partial charge in [-0.05, 0) is 55.3 Å². The predicted molar refractivity (Wildman–Crippen MR) is 135 cm³/mol. The maximum atomic E-state index is 12.9. The first-order valence-corrected chi connectivity index (χ1v) is 13.0. The van der Waals surface area contributed by atoms with Gasteiger partial charge in [-0.3, -0.25) is 9.59 Å². The van der Waals surface area contributed by atoms with Crippen LogP contribution >= 0.6 is 11.8 Å². The molecular weight excluding hydrogens is 466 g/mol. The van der Waals surface area contributed by atoms with Crippen molar-refractivity contribution in [1.82, 2.24) is 4.90 Å². The monoisotopic (exact) mass is 499 g/mol. The molecule has 0 N–H and O–H groups in total. The Morgan fingerprint density at radius 3 is 2.40 bits per heavy atom. The van der Waals surface area contributed by atoms with E-state index in [1.807, 2.05) is 36.6 Å². The second-order valence-electron chi connectivity index (χ2n) is 8.36. The van der Waals surface area contributed by atoms with Crippen LogP contribution in [0.2, 0.25) is 0 Å². The van der Waals surface area contributed by atoms with Crippen LogP contribution in [0.1, 0.15) is 48.0 Å². The topological polar surface area (TPSA) is 82.1 Å². The van der Waals surface area contributed by atoms with Gasteiger partial charge in [0, 0.05) is 36.3 Å². The molecule has 0 saturated carbocycles. The molecule has 0 aliphatic carbocycles. The average molecular weight is 500 g/mol. The molecule has 3 rings (SSSR count). The smallest absolute Gasteiger partial charge is 0.328 e. The summed E-state index contributed by atoms with van der Waals surface area (Å²) in [6, 6.07) is 12.4. The molecule has 1 saturated heterocycles. The molecule has 0 bridgehead atoms. The fourth-order valence-electron chi connectivity index (χ4n) is 4.16. The first kappa shape index (κ1) is 26.6. The summed E-state index contributed by atoms with van der Waals surface area (Å²) in [6.07, 6.45) is 4.98. The standard InChI is InChI=1S/C27H33NO6S/c1-32-24-13-7-19(18-25(24)33-2)15-17-34-27(31)22-6-4-5-16-28(22)26(30)14-12-23(29)20-8-10-21(35-3)11-9-20/h7-11,13,18,22H,4-6,12,14-17H2,1-3H3. The quantitative estimate of drug-likeness (QED) is 0.255. The van der Waals surface area contributed by atoms with Crippen LogP contribution in [0, 0.1) is 0 Å². The summed E-state index contributed by atoms with van der Waals surface area (Å²) < 4.78 is 16.1.